The second-order valence-corrected chi connectivity index (χ2v) is 9.43. The Kier molecular flexibility index (Phi) is 7.59. The lowest BCUT2D eigenvalue weighted by molar-refractivity contribution is -0.119. The molecular weight excluding hydrogens is 479 g/mol. The summed E-state index contributed by atoms with van der Waals surface area (Å²) in [5.41, 5.74) is 1.69. The van der Waals surface area contributed by atoms with Gasteiger partial charge in [-0.25, -0.2) is 4.39 Å². The first-order chi connectivity index (χ1) is 16.0. The molecule has 1 amide bonds. The van der Waals surface area contributed by atoms with E-state index in [0.29, 0.717) is 22.5 Å². The Balaban J connectivity index is 1.49. The fraction of sp³-hybridized carbons (Fsp3) is 0.125. The Morgan fingerprint density at radius 3 is 2.61 bits per heavy atom. The maximum absolute atomic E-state index is 13.4. The van der Waals surface area contributed by atoms with Crippen LogP contribution in [0, 0.1) is 5.82 Å². The van der Waals surface area contributed by atoms with Gasteiger partial charge in [0.1, 0.15) is 5.82 Å². The van der Waals surface area contributed by atoms with E-state index in [2.05, 4.69) is 22.1 Å². The standard InChI is InChI=1S/C24H20ClFN4OS2/c1-2-13-30-23(17-5-9-18(25)10-6-17)28-29-24(30)33-15-21(31)27-22(20-4-3-14-32-20)16-7-11-19(26)12-8-16/h2-12,14,22H,1,13,15H2,(H,27,31). The third-order valence-electron chi connectivity index (χ3n) is 4.80. The number of hydrogen-bond donors (Lipinski definition) is 1. The van der Waals surface area contributed by atoms with Crippen molar-refractivity contribution in [2.24, 2.45) is 0 Å². The van der Waals surface area contributed by atoms with E-state index in [1.165, 1.54) is 35.2 Å². The van der Waals surface area contributed by atoms with Gasteiger partial charge in [-0.3, -0.25) is 9.36 Å². The molecule has 2 aromatic carbocycles. The van der Waals surface area contributed by atoms with Crippen LogP contribution in [0.4, 0.5) is 4.39 Å². The van der Waals surface area contributed by atoms with Crippen LogP contribution in [0.5, 0.6) is 0 Å². The number of rotatable bonds is 9. The third-order valence-corrected chi connectivity index (χ3v) is 6.96. The summed E-state index contributed by atoms with van der Waals surface area (Å²) >= 11 is 8.83. The highest BCUT2D eigenvalue weighted by molar-refractivity contribution is 7.99. The van der Waals surface area contributed by atoms with E-state index in [9.17, 15) is 9.18 Å². The van der Waals surface area contributed by atoms with Crippen molar-refractivity contribution in [2.45, 2.75) is 17.7 Å². The quantitative estimate of drug-likeness (QED) is 0.228. The molecule has 168 valence electrons. The van der Waals surface area contributed by atoms with E-state index in [-0.39, 0.29) is 23.5 Å². The highest BCUT2D eigenvalue weighted by Gasteiger charge is 2.20. The molecule has 0 saturated heterocycles. The fourth-order valence-corrected chi connectivity index (χ4v) is 4.95. The lowest BCUT2D eigenvalue weighted by Gasteiger charge is -2.18. The fourth-order valence-electron chi connectivity index (χ4n) is 3.26. The highest BCUT2D eigenvalue weighted by atomic mass is 35.5. The van der Waals surface area contributed by atoms with E-state index >= 15 is 0 Å². The molecule has 33 heavy (non-hydrogen) atoms. The summed E-state index contributed by atoms with van der Waals surface area (Å²) in [7, 11) is 0. The minimum atomic E-state index is -0.352. The Bertz CT molecular complexity index is 1220. The number of aromatic nitrogens is 3. The van der Waals surface area contributed by atoms with Crippen molar-refractivity contribution in [2.75, 3.05) is 5.75 Å². The smallest absolute Gasteiger partial charge is 0.231 e. The summed E-state index contributed by atoms with van der Waals surface area (Å²) in [5.74, 6) is 0.351. The van der Waals surface area contributed by atoms with Gasteiger partial charge < -0.3 is 5.32 Å². The topological polar surface area (TPSA) is 59.8 Å². The van der Waals surface area contributed by atoms with Gasteiger partial charge in [-0.15, -0.1) is 28.1 Å². The molecule has 0 radical (unpaired) electrons. The number of hydrogen-bond acceptors (Lipinski definition) is 5. The molecule has 0 aliphatic heterocycles. The molecule has 2 heterocycles. The highest BCUT2D eigenvalue weighted by Crippen LogP contribution is 2.28. The molecule has 1 atom stereocenters. The zero-order valence-corrected chi connectivity index (χ0v) is 19.8. The van der Waals surface area contributed by atoms with Gasteiger partial charge in [-0.05, 0) is 53.4 Å². The van der Waals surface area contributed by atoms with Crippen molar-refractivity contribution in [1.82, 2.24) is 20.1 Å². The molecule has 4 rings (SSSR count). The van der Waals surface area contributed by atoms with Gasteiger partial charge in [0.25, 0.3) is 0 Å². The Hall–Kier alpha value is -2.94. The van der Waals surface area contributed by atoms with Gasteiger partial charge >= 0.3 is 0 Å². The number of carbonyl (C=O) groups excluding carboxylic acids is 1. The maximum atomic E-state index is 13.4. The molecule has 0 aliphatic carbocycles. The van der Waals surface area contributed by atoms with Crippen molar-refractivity contribution < 1.29 is 9.18 Å². The number of halogens is 2. The minimum absolute atomic E-state index is 0.152. The molecule has 9 heteroatoms. The summed E-state index contributed by atoms with van der Waals surface area (Å²) < 4.78 is 15.3. The SMILES string of the molecule is C=CCn1c(SCC(=O)NC(c2ccc(F)cc2)c2cccs2)nnc1-c1ccc(Cl)cc1. The van der Waals surface area contributed by atoms with Gasteiger partial charge in [-0.1, -0.05) is 47.6 Å². The van der Waals surface area contributed by atoms with Crippen LogP contribution in [-0.2, 0) is 11.3 Å². The number of nitrogens with one attached hydrogen (secondary N) is 1. The van der Waals surface area contributed by atoms with E-state index < -0.39 is 0 Å². The van der Waals surface area contributed by atoms with Crippen LogP contribution in [0.25, 0.3) is 11.4 Å². The van der Waals surface area contributed by atoms with E-state index in [4.69, 9.17) is 11.6 Å². The lowest BCUT2D eigenvalue weighted by Crippen LogP contribution is -2.30. The first-order valence-electron chi connectivity index (χ1n) is 10.1. The molecular formula is C24H20ClFN4OS2. The van der Waals surface area contributed by atoms with Crippen molar-refractivity contribution >= 4 is 40.6 Å². The molecule has 4 aromatic rings. The van der Waals surface area contributed by atoms with Crippen LogP contribution in [0.1, 0.15) is 16.5 Å². The Morgan fingerprint density at radius 1 is 1.18 bits per heavy atom. The van der Waals surface area contributed by atoms with Crippen LogP contribution < -0.4 is 5.32 Å². The predicted molar refractivity (Wildman–Crippen MR) is 132 cm³/mol. The van der Waals surface area contributed by atoms with Crippen molar-refractivity contribution in [3.8, 4) is 11.4 Å². The second kappa shape index (κ2) is 10.8. The summed E-state index contributed by atoms with van der Waals surface area (Å²) in [6.45, 7) is 4.32. The number of allylic oxidation sites excluding steroid dienone is 1. The Morgan fingerprint density at radius 2 is 1.94 bits per heavy atom. The molecule has 0 bridgehead atoms. The van der Waals surface area contributed by atoms with Gasteiger partial charge in [0.05, 0.1) is 11.8 Å². The number of benzene rings is 2. The van der Waals surface area contributed by atoms with Crippen molar-refractivity contribution in [3.05, 3.63) is 100.0 Å². The van der Waals surface area contributed by atoms with E-state index in [0.717, 1.165) is 16.0 Å². The van der Waals surface area contributed by atoms with E-state index in [1.807, 2.05) is 34.2 Å². The average Bonchev–Trinajstić information content (AvgIpc) is 3.48. The molecule has 0 saturated carbocycles. The second-order valence-electron chi connectivity index (χ2n) is 7.07. The number of thiophene rings is 1. The van der Waals surface area contributed by atoms with Gasteiger partial charge in [0, 0.05) is 22.0 Å². The zero-order chi connectivity index (χ0) is 23.2. The molecule has 0 fully saturated rings. The molecule has 5 nitrogen and oxygen atoms in total. The number of amides is 1. The molecule has 2 aromatic heterocycles. The number of thioether (sulfide) groups is 1. The summed E-state index contributed by atoms with van der Waals surface area (Å²) in [4.78, 5) is 13.8. The third kappa shape index (κ3) is 5.71. The molecule has 1 N–H and O–H groups in total. The number of nitrogens with zero attached hydrogens (tertiary/aromatic N) is 3. The van der Waals surface area contributed by atoms with Crippen LogP contribution in [0.2, 0.25) is 5.02 Å². The normalized spacial score (nSPS) is 11.8. The van der Waals surface area contributed by atoms with Crippen LogP contribution in [-0.4, -0.2) is 26.4 Å². The van der Waals surface area contributed by atoms with Crippen molar-refractivity contribution in [3.63, 3.8) is 0 Å². The van der Waals surface area contributed by atoms with Crippen LogP contribution in [0.3, 0.4) is 0 Å². The first kappa shape index (κ1) is 23.2. The van der Waals surface area contributed by atoms with Gasteiger partial charge in [0.2, 0.25) is 5.91 Å². The van der Waals surface area contributed by atoms with Crippen LogP contribution >= 0.6 is 34.7 Å². The van der Waals surface area contributed by atoms with Gasteiger partial charge in [-0.2, -0.15) is 0 Å². The minimum Gasteiger partial charge on any atom is -0.344 e. The molecule has 0 spiro atoms. The monoisotopic (exact) mass is 498 g/mol. The van der Waals surface area contributed by atoms with Gasteiger partial charge in [0.15, 0.2) is 11.0 Å². The van der Waals surface area contributed by atoms with Crippen LogP contribution in [0.15, 0.2) is 83.9 Å². The molecule has 0 aliphatic rings. The largest absolute Gasteiger partial charge is 0.344 e. The van der Waals surface area contributed by atoms with E-state index in [1.54, 1.807) is 30.3 Å². The summed E-state index contributed by atoms with van der Waals surface area (Å²) in [6, 6.07) is 17.0. The zero-order valence-electron chi connectivity index (χ0n) is 17.4. The predicted octanol–water partition coefficient (Wildman–Crippen LogP) is 5.98. The summed E-state index contributed by atoms with van der Waals surface area (Å²) in [5, 5.41) is 14.8. The maximum Gasteiger partial charge on any atom is 0.231 e. The average molecular weight is 499 g/mol. The summed E-state index contributed by atoms with van der Waals surface area (Å²) in [6.07, 6.45) is 1.76. The number of carbonyl (C=O) groups is 1. The van der Waals surface area contributed by atoms with Crippen molar-refractivity contribution in [1.29, 1.82) is 0 Å². The first-order valence-corrected chi connectivity index (χ1v) is 12.3. The lowest BCUT2D eigenvalue weighted by atomic mass is 10.1. The molecule has 1 unspecified atom stereocenters. The Labute approximate surface area is 204 Å².